The Morgan fingerprint density at radius 3 is 2.62 bits per heavy atom. The maximum atomic E-state index is 12.0. The SMILES string of the molecule is CNC(=O)C(=NOC)c1ccccc1CON=C(C)c1cccc(O)c1. The Kier molecular flexibility index (Phi) is 6.73. The molecule has 0 atom stereocenters. The highest BCUT2D eigenvalue weighted by Crippen LogP contribution is 2.14. The molecule has 0 heterocycles. The summed E-state index contributed by atoms with van der Waals surface area (Å²) in [5.41, 5.74) is 2.86. The molecule has 0 aliphatic rings. The van der Waals surface area contributed by atoms with Gasteiger partial charge in [-0.2, -0.15) is 0 Å². The molecule has 0 aliphatic heterocycles. The van der Waals surface area contributed by atoms with E-state index in [4.69, 9.17) is 9.68 Å². The molecular formula is C19H21N3O4. The van der Waals surface area contributed by atoms with Gasteiger partial charge in [-0.15, -0.1) is 0 Å². The summed E-state index contributed by atoms with van der Waals surface area (Å²) in [4.78, 5) is 22.3. The third kappa shape index (κ3) is 4.83. The number of likely N-dealkylation sites (N-methyl/N-ethyl adjacent to an activating group) is 1. The van der Waals surface area contributed by atoms with Crippen LogP contribution in [0, 0.1) is 0 Å². The second-order valence-electron chi connectivity index (χ2n) is 5.36. The van der Waals surface area contributed by atoms with Crippen LogP contribution >= 0.6 is 0 Å². The zero-order valence-electron chi connectivity index (χ0n) is 14.9. The molecule has 0 unspecified atom stereocenters. The molecule has 0 radical (unpaired) electrons. The first-order valence-electron chi connectivity index (χ1n) is 7.94. The molecule has 0 saturated heterocycles. The minimum atomic E-state index is -0.362. The van der Waals surface area contributed by atoms with Gasteiger partial charge in [0.05, 0.1) is 5.71 Å². The Morgan fingerprint density at radius 2 is 1.92 bits per heavy atom. The molecule has 136 valence electrons. The van der Waals surface area contributed by atoms with E-state index in [0.29, 0.717) is 11.3 Å². The first kappa shape index (κ1) is 19.0. The Labute approximate surface area is 151 Å². The molecule has 7 heteroatoms. The zero-order chi connectivity index (χ0) is 18.9. The fourth-order valence-electron chi connectivity index (χ4n) is 2.28. The minimum Gasteiger partial charge on any atom is -0.508 e. The van der Waals surface area contributed by atoms with Crippen molar-refractivity contribution >= 4 is 17.3 Å². The Balaban J connectivity index is 2.19. The molecular weight excluding hydrogens is 334 g/mol. The summed E-state index contributed by atoms with van der Waals surface area (Å²) >= 11 is 0. The lowest BCUT2D eigenvalue weighted by atomic mass is 10.0. The number of carbonyl (C=O) groups excluding carboxylic acids is 1. The number of amides is 1. The van der Waals surface area contributed by atoms with Crippen molar-refractivity contribution in [1.29, 1.82) is 0 Å². The molecule has 0 aliphatic carbocycles. The Bertz CT molecular complexity index is 831. The van der Waals surface area contributed by atoms with Gasteiger partial charge < -0.3 is 20.1 Å². The van der Waals surface area contributed by atoms with E-state index in [9.17, 15) is 9.90 Å². The summed E-state index contributed by atoms with van der Waals surface area (Å²) in [5.74, 6) is -0.202. The number of hydrogen-bond acceptors (Lipinski definition) is 6. The summed E-state index contributed by atoms with van der Waals surface area (Å²) in [6.07, 6.45) is 0. The molecule has 0 spiro atoms. The normalized spacial score (nSPS) is 11.8. The molecule has 2 rings (SSSR count). The van der Waals surface area contributed by atoms with Crippen LogP contribution < -0.4 is 5.32 Å². The molecule has 0 fully saturated rings. The van der Waals surface area contributed by atoms with Crippen molar-refractivity contribution in [1.82, 2.24) is 5.32 Å². The molecule has 0 aromatic heterocycles. The van der Waals surface area contributed by atoms with E-state index in [1.54, 1.807) is 37.3 Å². The Hall–Kier alpha value is -3.35. The fraction of sp³-hybridized carbons (Fsp3) is 0.211. The number of oxime groups is 2. The maximum absolute atomic E-state index is 12.0. The third-order valence-electron chi connectivity index (χ3n) is 3.58. The lowest BCUT2D eigenvalue weighted by Crippen LogP contribution is -2.29. The number of nitrogens with zero attached hydrogens (tertiary/aromatic N) is 2. The standard InChI is InChI=1S/C19H21N3O4/c1-13(14-8-6-9-16(23)11-14)21-26-12-15-7-4-5-10-17(15)18(22-25-3)19(24)20-2/h4-11,23H,12H2,1-3H3,(H,20,24). The highest BCUT2D eigenvalue weighted by atomic mass is 16.6. The number of hydrogen-bond donors (Lipinski definition) is 2. The van der Waals surface area contributed by atoms with Gasteiger partial charge in [0.1, 0.15) is 19.5 Å². The lowest BCUT2D eigenvalue weighted by Gasteiger charge is -2.10. The van der Waals surface area contributed by atoms with Crippen LogP contribution in [0.4, 0.5) is 0 Å². The first-order valence-corrected chi connectivity index (χ1v) is 7.94. The summed E-state index contributed by atoms with van der Waals surface area (Å²) in [5, 5.41) is 20.0. The fourth-order valence-corrected chi connectivity index (χ4v) is 2.28. The topological polar surface area (TPSA) is 92.5 Å². The van der Waals surface area contributed by atoms with Crippen molar-refractivity contribution in [2.75, 3.05) is 14.2 Å². The van der Waals surface area contributed by atoms with E-state index in [0.717, 1.165) is 11.1 Å². The van der Waals surface area contributed by atoms with Crippen LogP contribution in [-0.2, 0) is 21.1 Å². The van der Waals surface area contributed by atoms with Crippen molar-refractivity contribution in [3.8, 4) is 5.75 Å². The predicted molar refractivity (Wildman–Crippen MR) is 99.2 cm³/mol. The largest absolute Gasteiger partial charge is 0.508 e. The maximum Gasteiger partial charge on any atom is 0.273 e. The molecule has 0 bridgehead atoms. The van der Waals surface area contributed by atoms with Crippen LogP contribution in [0.2, 0.25) is 0 Å². The summed E-state index contributed by atoms with van der Waals surface area (Å²) in [7, 11) is 2.90. The van der Waals surface area contributed by atoms with E-state index in [1.807, 2.05) is 18.2 Å². The molecule has 2 aromatic carbocycles. The first-order chi connectivity index (χ1) is 12.6. The van der Waals surface area contributed by atoms with Crippen LogP contribution in [0.5, 0.6) is 5.75 Å². The number of nitrogens with one attached hydrogen (secondary N) is 1. The van der Waals surface area contributed by atoms with Gasteiger partial charge in [-0.25, -0.2) is 0 Å². The van der Waals surface area contributed by atoms with Crippen molar-refractivity contribution in [3.05, 3.63) is 65.2 Å². The van der Waals surface area contributed by atoms with Gasteiger partial charge >= 0.3 is 0 Å². The van der Waals surface area contributed by atoms with E-state index < -0.39 is 0 Å². The predicted octanol–water partition coefficient (Wildman–Crippen LogP) is 2.43. The van der Waals surface area contributed by atoms with Gasteiger partial charge in [-0.3, -0.25) is 4.79 Å². The van der Waals surface area contributed by atoms with Crippen LogP contribution in [0.3, 0.4) is 0 Å². The van der Waals surface area contributed by atoms with Crippen molar-refractivity contribution in [3.63, 3.8) is 0 Å². The number of aromatic hydroxyl groups is 1. The highest BCUT2D eigenvalue weighted by molar-refractivity contribution is 6.45. The molecule has 2 N–H and O–H groups in total. The third-order valence-corrected chi connectivity index (χ3v) is 3.58. The van der Waals surface area contributed by atoms with Crippen molar-refractivity contribution in [2.24, 2.45) is 10.3 Å². The highest BCUT2D eigenvalue weighted by Gasteiger charge is 2.17. The van der Waals surface area contributed by atoms with Crippen molar-refractivity contribution in [2.45, 2.75) is 13.5 Å². The number of benzene rings is 2. The van der Waals surface area contributed by atoms with E-state index in [-0.39, 0.29) is 24.0 Å². The van der Waals surface area contributed by atoms with E-state index in [2.05, 4.69) is 15.6 Å². The number of phenolic OH excluding ortho intramolecular Hbond substituents is 1. The van der Waals surface area contributed by atoms with Crippen LogP contribution in [0.25, 0.3) is 0 Å². The van der Waals surface area contributed by atoms with E-state index in [1.165, 1.54) is 14.2 Å². The van der Waals surface area contributed by atoms with Gasteiger partial charge in [0.2, 0.25) is 0 Å². The monoisotopic (exact) mass is 355 g/mol. The van der Waals surface area contributed by atoms with Crippen LogP contribution in [-0.4, -0.2) is 36.6 Å². The average molecular weight is 355 g/mol. The number of carbonyl (C=O) groups is 1. The van der Waals surface area contributed by atoms with Crippen molar-refractivity contribution < 1.29 is 19.6 Å². The second-order valence-corrected chi connectivity index (χ2v) is 5.36. The molecule has 2 aromatic rings. The van der Waals surface area contributed by atoms with Crippen LogP contribution in [0.15, 0.2) is 58.8 Å². The second kappa shape index (κ2) is 9.22. The summed E-state index contributed by atoms with van der Waals surface area (Å²) in [6, 6.07) is 14.0. The lowest BCUT2D eigenvalue weighted by molar-refractivity contribution is -0.114. The number of rotatable bonds is 7. The molecule has 26 heavy (non-hydrogen) atoms. The molecule has 7 nitrogen and oxygen atoms in total. The zero-order valence-corrected chi connectivity index (χ0v) is 14.9. The Morgan fingerprint density at radius 1 is 1.15 bits per heavy atom. The van der Waals surface area contributed by atoms with Gasteiger partial charge in [-0.05, 0) is 19.1 Å². The average Bonchev–Trinajstić information content (AvgIpc) is 2.66. The van der Waals surface area contributed by atoms with Gasteiger partial charge in [0.15, 0.2) is 5.71 Å². The van der Waals surface area contributed by atoms with E-state index >= 15 is 0 Å². The summed E-state index contributed by atoms with van der Waals surface area (Å²) < 4.78 is 0. The number of phenols is 1. The summed E-state index contributed by atoms with van der Waals surface area (Å²) in [6.45, 7) is 1.93. The smallest absolute Gasteiger partial charge is 0.273 e. The molecule has 0 saturated carbocycles. The van der Waals surface area contributed by atoms with Crippen LogP contribution in [0.1, 0.15) is 23.6 Å². The van der Waals surface area contributed by atoms with Gasteiger partial charge in [0.25, 0.3) is 5.91 Å². The van der Waals surface area contributed by atoms with Gasteiger partial charge in [-0.1, -0.05) is 46.7 Å². The minimum absolute atomic E-state index is 0.145. The molecule has 1 amide bonds. The quantitative estimate of drug-likeness (QED) is 0.589. The van der Waals surface area contributed by atoms with Gasteiger partial charge in [0, 0.05) is 23.7 Å².